The van der Waals surface area contributed by atoms with Gasteiger partial charge in [-0.15, -0.1) is 11.8 Å². The summed E-state index contributed by atoms with van der Waals surface area (Å²) in [7, 11) is 1.81. The highest BCUT2D eigenvalue weighted by molar-refractivity contribution is 7.98. The summed E-state index contributed by atoms with van der Waals surface area (Å²) in [5.41, 5.74) is 1.27. The molecule has 0 unspecified atom stereocenters. The molecule has 23 heavy (non-hydrogen) atoms. The molecule has 1 fully saturated rings. The van der Waals surface area contributed by atoms with Gasteiger partial charge in [-0.3, -0.25) is 0 Å². The zero-order valence-corrected chi connectivity index (χ0v) is 14.9. The Hall–Kier alpha value is -1.66. The van der Waals surface area contributed by atoms with E-state index < -0.39 is 0 Å². The first kappa shape index (κ1) is 16.2. The van der Waals surface area contributed by atoms with Crippen molar-refractivity contribution in [3.8, 4) is 0 Å². The number of hydrogen-bond acceptors (Lipinski definition) is 6. The molecule has 0 saturated carbocycles. The van der Waals surface area contributed by atoms with Crippen molar-refractivity contribution in [1.82, 2.24) is 9.97 Å². The zero-order valence-electron chi connectivity index (χ0n) is 13.3. The molecule has 122 valence electrons. The number of nitrogens with one attached hydrogen (secondary N) is 1. The fourth-order valence-electron chi connectivity index (χ4n) is 2.73. The minimum atomic E-state index is 0.511. The Labute approximate surface area is 146 Å². The van der Waals surface area contributed by atoms with E-state index in [2.05, 4.69) is 49.4 Å². The summed E-state index contributed by atoms with van der Waals surface area (Å²) in [5.74, 6) is 1.49. The topological polar surface area (TPSA) is 44.3 Å². The van der Waals surface area contributed by atoms with Gasteiger partial charge in [-0.1, -0.05) is 29.8 Å². The van der Waals surface area contributed by atoms with Gasteiger partial charge in [0.1, 0.15) is 11.0 Å². The molecule has 1 aromatic carbocycles. The lowest BCUT2D eigenvalue weighted by molar-refractivity contribution is 0.642. The van der Waals surface area contributed by atoms with E-state index in [1.807, 2.05) is 19.4 Å². The molecule has 2 aromatic rings. The van der Waals surface area contributed by atoms with Crippen molar-refractivity contribution in [2.45, 2.75) is 4.90 Å². The summed E-state index contributed by atoms with van der Waals surface area (Å²) >= 11 is 7.90. The normalized spacial score (nSPS) is 14.9. The standard InChI is InChI=1S/C16H20ClN5S/c1-18-16-19-14(17)13(23-2)15(20-16)22-10-8-21(9-11-22)12-6-4-3-5-7-12/h3-7H,8-11H2,1-2H3,(H,18,19,20). The molecular weight excluding hydrogens is 330 g/mol. The van der Waals surface area contributed by atoms with Crippen molar-refractivity contribution in [3.63, 3.8) is 0 Å². The van der Waals surface area contributed by atoms with Crippen LogP contribution in [0.25, 0.3) is 0 Å². The Morgan fingerprint density at radius 2 is 1.70 bits per heavy atom. The van der Waals surface area contributed by atoms with Gasteiger partial charge in [0.2, 0.25) is 5.95 Å². The van der Waals surface area contributed by atoms with Crippen molar-refractivity contribution >= 4 is 40.8 Å². The molecule has 3 rings (SSSR count). The van der Waals surface area contributed by atoms with E-state index in [0.717, 1.165) is 36.9 Å². The third-order valence-electron chi connectivity index (χ3n) is 3.93. The van der Waals surface area contributed by atoms with Crippen molar-refractivity contribution in [1.29, 1.82) is 0 Å². The Balaban J connectivity index is 1.78. The molecule has 7 heteroatoms. The quantitative estimate of drug-likeness (QED) is 0.675. The third-order valence-corrected chi connectivity index (χ3v) is 5.10. The van der Waals surface area contributed by atoms with Gasteiger partial charge in [-0.25, -0.2) is 0 Å². The van der Waals surface area contributed by atoms with Crippen molar-refractivity contribution in [3.05, 3.63) is 35.5 Å². The molecule has 0 aliphatic carbocycles. The fourth-order valence-corrected chi connectivity index (χ4v) is 3.70. The smallest absolute Gasteiger partial charge is 0.225 e. The number of anilines is 3. The molecular formula is C16H20ClN5S. The van der Waals surface area contributed by atoms with E-state index in [1.165, 1.54) is 5.69 Å². The first-order valence-corrected chi connectivity index (χ1v) is 9.17. The largest absolute Gasteiger partial charge is 0.368 e. The Bertz CT molecular complexity index is 659. The molecule has 1 aromatic heterocycles. The summed E-state index contributed by atoms with van der Waals surface area (Å²) < 4.78 is 0. The molecule has 1 N–H and O–H groups in total. The number of halogens is 1. The third kappa shape index (κ3) is 3.48. The second-order valence-corrected chi connectivity index (χ2v) is 6.43. The molecule has 5 nitrogen and oxygen atoms in total. The number of aromatic nitrogens is 2. The number of benzene rings is 1. The van der Waals surface area contributed by atoms with Crippen LogP contribution in [0, 0.1) is 0 Å². The van der Waals surface area contributed by atoms with Crippen LogP contribution in [0.4, 0.5) is 17.5 Å². The number of piperazine rings is 1. The highest BCUT2D eigenvalue weighted by Crippen LogP contribution is 2.34. The van der Waals surface area contributed by atoms with Crippen LogP contribution in [0.3, 0.4) is 0 Å². The van der Waals surface area contributed by atoms with Gasteiger partial charge in [0.15, 0.2) is 0 Å². The van der Waals surface area contributed by atoms with Gasteiger partial charge < -0.3 is 15.1 Å². The Kier molecular flexibility index (Phi) is 5.13. The Morgan fingerprint density at radius 1 is 1.04 bits per heavy atom. The van der Waals surface area contributed by atoms with Crippen LogP contribution in [-0.4, -0.2) is 49.5 Å². The van der Waals surface area contributed by atoms with Crippen LogP contribution in [0.2, 0.25) is 5.15 Å². The van der Waals surface area contributed by atoms with E-state index in [0.29, 0.717) is 11.1 Å². The zero-order chi connectivity index (χ0) is 16.2. The lowest BCUT2D eigenvalue weighted by Crippen LogP contribution is -2.47. The van der Waals surface area contributed by atoms with Crippen molar-refractivity contribution < 1.29 is 0 Å². The highest BCUT2D eigenvalue weighted by atomic mass is 35.5. The summed E-state index contributed by atoms with van der Waals surface area (Å²) in [6, 6.07) is 10.5. The predicted molar refractivity (Wildman–Crippen MR) is 99.2 cm³/mol. The monoisotopic (exact) mass is 349 g/mol. The van der Waals surface area contributed by atoms with E-state index in [4.69, 9.17) is 11.6 Å². The highest BCUT2D eigenvalue weighted by Gasteiger charge is 2.23. The number of hydrogen-bond donors (Lipinski definition) is 1. The molecule has 0 amide bonds. The van der Waals surface area contributed by atoms with Gasteiger partial charge in [-0.2, -0.15) is 9.97 Å². The second kappa shape index (κ2) is 7.27. The van der Waals surface area contributed by atoms with Gasteiger partial charge in [0.25, 0.3) is 0 Å². The molecule has 1 saturated heterocycles. The number of nitrogens with zero attached hydrogens (tertiary/aromatic N) is 4. The molecule has 2 heterocycles. The minimum absolute atomic E-state index is 0.511. The van der Waals surface area contributed by atoms with E-state index >= 15 is 0 Å². The first-order chi connectivity index (χ1) is 11.2. The predicted octanol–water partition coefficient (Wildman–Crippen LogP) is 3.22. The van der Waals surface area contributed by atoms with Crippen LogP contribution in [0.5, 0.6) is 0 Å². The SMILES string of the molecule is CNc1nc(Cl)c(SC)c(N2CCN(c3ccccc3)CC2)n1. The van der Waals surface area contributed by atoms with Crippen LogP contribution in [0.15, 0.2) is 35.2 Å². The fraction of sp³-hybridized carbons (Fsp3) is 0.375. The lowest BCUT2D eigenvalue weighted by Gasteiger charge is -2.37. The minimum Gasteiger partial charge on any atom is -0.368 e. The molecule has 0 spiro atoms. The van der Waals surface area contributed by atoms with Crippen LogP contribution in [0.1, 0.15) is 0 Å². The average Bonchev–Trinajstić information content (AvgIpc) is 2.62. The summed E-state index contributed by atoms with van der Waals surface area (Å²) in [5, 5.41) is 3.49. The molecule has 1 aliphatic rings. The van der Waals surface area contributed by atoms with E-state index in [1.54, 1.807) is 11.8 Å². The van der Waals surface area contributed by atoms with E-state index in [-0.39, 0.29) is 0 Å². The average molecular weight is 350 g/mol. The summed E-state index contributed by atoms with van der Waals surface area (Å²) in [4.78, 5) is 14.5. The van der Waals surface area contributed by atoms with Crippen LogP contribution < -0.4 is 15.1 Å². The number of rotatable bonds is 4. The molecule has 0 atom stereocenters. The van der Waals surface area contributed by atoms with Gasteiger partial charge in [-0.05, 0) is 18.4 Å². The van der Waals surface area contributed by atoms with Crippen LogP contribution in [-0.2, 0) is 0 Å². The maximum absolute atomic E-state index is 6.31. The van der Waals surface area contributed by atoms with Crippen LogP contribution >= 0.6 is 23.4 Å². The summed E-state index contributed by atoms with van der Waals surface area (Å²) in [6.07, 6.45) is 2.01. The lowest BCUT2D eigenvalue weighted by atomic mass is 10.2. The molecule has 1 aliphatic heterocycles. The number of para-hydroxylation sites is 1. The first-order valence-electron chi connectivity index (χ1n) is 7.57. The second-order valence-electron chi connectivity index (χ2n) is 5.25. The maximum Gasteiger partial charge on any atom is 0.225 e. The van der Waals surface area contributed by atoms with Crippen molar-refractivity contribution in [2.24, 2.45) is 0 Å². The number of thioether (sulfide) groups is 1. The van der Waals surface area contributed by atoms with Gasteiger partial charge in [0, 0.05) is 38.9 Å². The summed E-state index contributed by atoms with van der Waals surface area (Å²) in [6.45, 7) is 3.76. The van der Waals surface area contributed by atoms with Gasteiger partial charge in [0.05, 0.1) is 4.90 Å². The molecule has 0 bridgehead atoms. The Morgan fingerprint density at radius 3 is 2.30 bits per heavy atom. The van der Waals surface area contributed by atoms with Crippen molar-refractivity contribution in [2.75, 3.05) is 54.6 Å². The van der Waals surface area contributed by atoms with E-state index in [9.17, 15) is 0 Å². The molecule has 0 radical (unpaired) electrons. The van der Waals surface area contributed by atoms with Gasteiger partial charge >= 0.3 is 0 Å². The maximum atomic E-state index is 6.31.